The van der Waals surface area contributed by atoms with Crippen molar-refractivity contribution in [2.45, 2.75) is 20.1 Å². The molecule has 1 N–H and O–H groups in total. The zero-order valence-corrected chi connectivity index (χ0v) is 14.4. The molecule has 2 aromatic carbocycles. The molecule has 26 heavy (non-hydrogen) atoms. The number of benzene rings is 2. The van der Waals surface area contributed by atoms with Crippen LogP contribution in [0.25, 0.3) is 11.3 Å². The molecule has 0 saturated carbocycles. The smallest absolute Gasteiger partial charge is 0.246 e. The third-order valence-electron chi connectivity index (χ3n) is 3.78. The summed E-state index contributed by atoms with van der Waals surface area (Å²) in [7, 11) is 0. The summed E-state index contributed by atoms with van der Waals surface area (Å²) in [5.41, 5.74) is 3.50. The number of hydrogen-bond donors (Lipinski definition) is 1. The summed E-state index contributed by atoms with van der Waals surface area (Å²) in [6.45, 7) is 2.57. The first-order chi connectivity index (χ1) is 12.6. The van der Waals surface area contributed by atoms with Gasteiger partial charge >= 0.3 is 0 Å². The molecule has 5 nitrogen and oxygen atoms in total. The molecule has 3 aromatic rings. The first kappa shape index (κ1) is 17.8. The number of aryl methyl sites for hydroxylation is 1. The Balaban J connectivity index is 1.42. The van der Waals surface area contributed by atoms with E-state index < -0.39 is 0 Å². The van der Waals surface area contributed by atoms with Gasteiger partial charge in [0.1, 0.15) is 18.1 Å². The van der Waals surface area contributed by atoms with E-state index in [2.05, 4.69) is 10.5 Å². The van der Waals surface area contributed by atoms with Crippen LogP contribution in [0.1, 0.15) is 16.8 Å². The van der Waals surface area contributed by atoms with Crippen LogP contribution in [-0.4, -0.2) is 17.7 Å². The van der Waals surface area contributed by atoms with Crippen LogP contribution in [0.4, 0.5) is 4.39 Å². The molecule has 0 atom stereocenters. The van der Waals surface area contributed by atoms with E-state index in [-0.39, 0.29) is 24.9 Å². The third-order valence-corrected chi connectivity index (χ3v) is 3.78. The monoisotopic (exact) mass is 354 g/mol. The van der Waals surface area contributed by atoms with E-state index in [0.717, 1.165) is 11.1 Å². The van der Waals surface area contributed by atoms with Crippen molar-refractivity contribution in [1.29, 1.82) is 0 Å². The normalized spacial score (nSPS) is 10.7. The molecule has 0 unspecified atom stereocenters. The maximum absolute atomic E-state index is 12.9. The van der Waals surface area contributed by atoms with Gasteiger partial charge in [0, 0.05) is 18.2 Å². The van der Waals surface area contributed by atoms with Crippen molar-refractivity contribution in [3.8, 4) is 11.3 Å². The second-order valence-electron chi connectivity index (χ2n) is 5.94. The van der Waals surface area contributed by atoms with E-state index in [4.69, 9.17) is 9.26 Å². The van der Waals surface area contributed by atoms with Crippen LogP contribution in [0.15, 0.2) is 59.1 Å². The van der Waals surface area contributed by atoms with E-state index in [9.17, 15) is 9.18 Å². The lowest BCUT2D eigenvalue weighted by Crippen LogP contribution is -2.27. The molecule has 0 bridgehead atoms. The van der Waals surface area contributed by atoms with Crippen LogP contribution < -0.4 is 5.32 Å². The SMILES string of the molecule is Cc1ccc(CNC(=O)COCc2cc(-c3ccc(F)cc3)on2)cc1. The van der Waals surface area contributed by atoms with Crippen molar-refractivity contribution in [1.82, 2.24) is 10.5 Å². The van der Waals surface area contributed by atoms with Crippen LogP contribution in [0.3, 0.4) is 0 Å². The average Bonchev–Trinajstić information content (AvgIpc) is 3.11. The lowest BCUT2D eigenvalue weighted by atomic mass is 10.1. The second kappa shape index (κ2) is 8.40. The average molecular weight is 354 g/mol. The number of nitrogens with zero attached hydrogens (tertiary/aromatic N) is 1. The molecule has 134 valence electrons. The Morgan fingerprint density at radius 3 is 2.62 bits per heavy atom. The highest BCUT2D eigenvalue weighted by atomic mass is 19.1. The molecule has 1 heterocycles. The van der Waals surface area contributed by atoms with Gasteiger partial charge in [0.2, 0.25) is 5.91 Å². The molecule has 0 radical (unpaired) electrons. The van der Waals surface area contributed by atoms with Crippen molar-refractivity contribution < 1.29 is 18.4 Å². The maximum Gasteiger partial charge on any atom is 0.246 e. The van der Waals surface area contributed by atoms with Gasteiger partial charge in [-0.3, -0.25) is 4.79 Å². The van der Waals surface area contributed by atoms with Gasteiger partial charge in [-0.15, -0.1) is 0 Å². The summed E-state index contributed by atoms with van der Waals surface area (Å²) in [6, 6.07) is 15.6. The van der Waals surface area contributed by atoms with E-state index in [1.165, 1.54) is 17.7 Å². The number of halogens is 1. The number of carbonyl (C=O) groups excluding carboxylic acids is 1. The molecule has 1 amide bonds. The van der Waals surface area contributed by atoms with Gasteiger partial charge in [-0.05, 0) is 36.8 Å². The highest BCUT2D eigenvalue weighted by Gasteiger charge is 2.08. The summed E-state index contributed by atoms with van der Waals surface area (Å²) in [5.74, 6) is 0.00808. The third kappa shape index (κ3) is 5.00. The predicted octanol–water partition coefficient (Wildman–Crippen LogP) is 3.62. The highest BCUT2D eigenvalue weighted by molar-refractivity contribution is 5.77. The molecule has 0 spiro atoms. The minimum atomic E-state index is -0.312. The molecule has 0 aliphatic heterocycles. The Morgan fingerprint density at radius 2 is 1.88 bits per heavy atom. The summed E-state index contributed by atoms with van der Waals surface area (Å²) < 4.78 is 23.5. The number of amides is 1. The fourth-order valence-corrected chi connectivity index (χ4v) is 2.34. The van der Waals surface area contributed by atoms with E-state index in [0.29, 0.717) is 18.0 Å². The molecule has 0 aliphatic rings. The van der Waals surface area contributed by atoms with E-state index >= 15 is 0 Å². The van der Waals surface area contributed by atoms with Crippen LogP contribution in [0.5, 0.6) is 0 Å². The van der Waals surface area contributed by atoms with Crippen molar-refractivity contribution in [2.24, 2.45) is 0 Å². The van der Waals surface area contributed by atoms with Crippen molar-refractivity contribution in [3.05, 3.63) is 77.2 Å². The highest BCUT2D eigenvalue weighted by Crippen LogP contribution is 2.20. The topological polar surface area (TPSA) is 64.4 Å². The number of hydrogen-bond acceptors (Lipinski definition) is 4. The van der Waals surface area contributed by atoms with Gasteiger partial charge in [0.15, 0.2) is 5.76 Å². The fraction of sp³-hybridized carbons (Fsp3) is 0.200. The number of rotatable bonds is 7. The number of ether oxygens (including phenoxy) is 1. The first-order valence-electron chi connectivity index (χ1n) is 8.22. The number of carbonyl (C=O) groups is 1. The van der Waals surface area contributed by atoms with Gasteiger partial charge in [-0.25, -0.2) is 4.39 Å². The van der Waals surface area contributed by atoms with Crippen LogP contribution in [-0.2, 0) is 22.7 Å². The minimum Gasteiger partial charge on any atom is -0.365 e. The molecule has 1 aromatic heterocycles. The van der Waals surface area contributed by atoms with Gasteiger partial charge < -0.3 is 14.6 Å². The summed E-state index contributed by atoms with van der Waals surface area (Å²) in [4.78, 5) is 11.8. The lowest BCUT2D eigenvalue weighted by Gasteiger charge is -2.06. The molecule has 0 fully saturated rings. The minimum absolute atomic E-state index is 0.0649. The van der Waals surface area contributed by atoms with Gasteiger partial charge in [0.05, 0.1) is 6.61 Å². The number of aromatic nitrogens is 1. The Hall–Kier alpha value is -2.99. The zero-order chi connectivity index (χ0) is 18.4. The van der Waals surface area contributed by atoms with E-state index in [1.807, 2.05) is 31.2 Å². The molecular formula is C20H19FN2O3. The van der Waals surface area contributed by atoms with Crippen LogP contribution in [0.2, 0.25) is 0 Å². The lowest BCUT2D eigenvalue weighted by molar-refractivity contribution is -0.126. The zero-order valence-electron chi connectivity index (χ0n) is 14.4. The molecule has 3 rings (SSSR count). The molecule has 0 aliphatic carbocycles. The van der Waals surface area contributed by atoms with Crippen molar-refractivity contribution in [3.63, 3.8) is 0 Å². The van der Waals surface area contributed by atoms with Crippen LogP contribution >= 0.6 is 0 Å². The van der Waals surface area contributed by atoms with Crippen molar-refractivity contribution in [2.75, 3.05) is 6.61 Å². The van der Waals surface area contributed by atoms with Gasteiger partial charge in [-0.1, -0.05) is 35.0 Å². The molecule has 6 heteroatoms. The Labute approximate surface area is 150 Å². The summed E-state index contributed by atoms with van der Waals surface area (Å²) >= 11 is 0. The van der Waals surface area contributed by atoms with Crippen molar-refractivity contribution >= 4 is 5.91 Å². The van der Waals surface area contributed by atoms with Crippen LogP contribution in [0, 0.1) is 12.7 Å². The Kier molecular flexibility index (Phi) is 5.76. The summed E-state index contributed by atoms with van der Waals surface area (Å²) in [6.07, 6.45) is 0. The molecule has 0 saturated heterocycles. The quantitative estimate of drug-likeness (QED) is 0.704. The standard InChI is InChI=1S/C20H19FN2O3/c1-14-2-4-15(5-3-14)11-22-20(24)13-25-12-18-10-19(26-23-18)16-6-8-17(21)9-7-16/h2-10H,11-13H2,1H3,(H,22,24). The van der Waals surface area contributed by atoms with E-state index in [1.54, 1.807) is 18.2 Å². The predicted molar refractivity (Wildman–Crippen MR) is 94.6 cm³/mol. The second-order valence-corrected chi connectivity index (χ2v) is 5.94. The number of nitrogens with one attached hydrogen (secondary N) is 1. The van der Waals surface area contributed by atoms with Gasteiger partial charge in [0.25, 0.3) is 0 Å². The van der Waals surface area contributed by atoms with Gasteiger partial charge in [-0.2, -0.15) is 0 Å². The summed E-state index contributed by atoms with van der Waals surface area (Å²) in [5, 5.41) is 6.69. The Morgan fingerprint density at radius 1 is 1.15 bits per heavy atom. The Bertz CT molecular complexity index is 858. The first-order valence-corrected chi connectivity index (χ1v) is 8.22. The maximum atomic E-state index is 12.9. The largest absolute Gasteiger partial charge is 0.365 e. The fourth-order valence-electron chi connectivity index (χ4n) is 2.34. The molecular weight excluding hydrogens is 335 g/mol.